The number of hydrogen-bond donors (Lipinski definition) is 2. The molecule has 0 spiro atoms. The fourth-order valence-corrected chi connectivity index (χ4v) is 3.09. The highest BCUT2D eigenvalue weighted by molar-refractivity contribution is 5.84. The number of amides is 1. The minimum atomic E-state index is -0.519. The Kier molecular flexibility index (Phi) is 5.02. The van der Waals surface area contributed by atoms with Gasteiger partial charge in [0.15, 0.2) is 0 Å². The summed E-state index contributed by atoms with van der Waals surface area (Å²) in [6.07, 6.45) is 3.87. The Morgan fingerprint density at radius 2 is 2.05 bits per heavy atom. The van der Waals surface area contributed by atoms with Crippen LogP contribution in [0.4, 0.5) is 0 Å². The summed E-state index contributed by atoms with van der Waals surface area (Å²) in [7, 11) is 4.02. The van der Waals surface area contributed by atoms with E-state index in [0.717, 1.165) is 25.7 Å². The summed E-state index contributed by atoms with van der Waals surface area (Å²) in [5.74, 6) is -0.212. The summed E-state index contributed by atoms with van der Waals surface area (Å²) >= 11 is 0. The van der Waals surface area contributed by atoms with Crippen LogP contribution < -0.4 is 11.1 Å². The minimum Gasteiger partial charge on any atom is -0.368 e. The van der Waals surface area contributed by atoms with E-state index in [4.69, 9.17) is 5.73 Å². The van der Waals surface area contributed by atoms with Gasteiger partial charge in [0.25, 0.3) is 0 Å². The highest BCUT2D eigenvalue weighted by atomic mass is 16.1. The van der Waals surface area contributed by atoms with Crippen LogP contribution in [0.1, 0.15) is 53.4 Å². The zero-order valence-corrected chi connectivity index (χ0v) is 13.4. The molecule has 3 atom stereocenters. The quantitative estimate of drug-likeness (QED) is 0.817. The Balaban J connectivity index is 2.82. The standard InChI is InChI=1S/C15H31N3O/c1-11(14(2,3)4)18(6)12-8-7-9-15(10-12,17-5)13(16)19/h11-12,17H,7-10H2,1-6H3,(H2,16,19). The van der Waals surface area contributed by atoms with Gasteiger partial charge in [-0.2, -0.15) is 0 Å². The fraction of sp³-hybridized carbons (Fsp3) is 0.933. The van der Waals surface area contributed by atoms with E-state index >= 15 is 0 Å². The lowest BCUT2D eigenvalue weighted by Gasteiger charge is -2.46. The molecule has 112 valence electrons. The van der Waals surface area contributed by atoms with E-state index in [9.17, 15) is 4.79 Å². The van der Waals surface area contributed by atoms with Crippen molar-refractivity contribution < 1.29 is 4.79 Å². The lowest BCUT2D eigenvalue weighted by molar-refractivity contribution is -0.126. The van der Waals surface area contributed by atoms with Crippen LogP contribution in [0.5, 0.6) is 0 Å². The molecule has 1 aliphatic carbocycles. The number of hydrogen-bond acceptors (Lipinski definition) is 3. The molecular formula is C15H31N3O. The molecule has 1 fully saturated rings. The lowest BCUT2D eigenvalue weighted by atomic mass is 9.76. The Hall–Kier alpha value is -0.610. The van der Waals surface area contributed by atoms with Gasteiger partial charge in [0.2, 0.25) is 5.91 Å². The molecule has 0 aromatic rings. The van der Waals surface area contributed by atoms with E-state index in [1.54, 1.807) is 0 Å². The summed E-state index contributed by atoms with van der Waals surface area (Å²) in [5.41, 5.74) is 5.34. The molecule has 3 unspecified atom stereocenters. The molecule has 0 bridgehead atoms. The smallest absolute Gasteiger partial charge is 0.237 e. The van der Waals surface area contributed by atoms with Crippen molar-refractivity contribution in [2.75, 3.05) is 14.1 Å². The first-order chi connectivity index (χ1) is 8.64. The fourth-order valence-electron chi connectivity index (χ4n) is 3.09. The predicted molar refractivity (Wildman–Crippen MR) is 79.9 cm³/mol. The summed E-state index contributed by atoms with van der Waals surface area (Å²) in [5, 5.41) is 3.18. The van der Waals surface area contributed by atoms with E-state index in [2.05, 4.69) is 45.0 Å². The van der Waals surface area contributed by atoms with Gasteiger partial charge < -0.3 is 16.0 Å². The molecule has 4 heteroatoms. The van der Waals surface area contributed by atoms with Crippen molar-refractivity contribution in [1.82, 2.24) is 10.2 Å². The molecular weight excluding hydrogens is 238 g/mol. The van der Waals surface area contributed by atoms with Crippen molar-refractivity contribution in [3.8, 4) is 0 Å². The summed E-state index contributed by atoms with van der Waals surface area (Å²) in [4.78, 5) is 14.2. The summed E-state index contributed by atoms with van der Waals surface area (Å²) in [6, 6.07) is 0.890. The zero-order valence-electron chi connectivity index (χ0n) is 13.4. The molecule has 0 saturated heterocycles. The molecule has 1 rings (SSSR count). The van der Waals surface area contributed by atoms with Gasteiger partial charge in [0.05, 0.1) is 5.54 Å². The Morgan fingerprint density at radius 1 is 1.47 bits per heavy atom. The van der Waals surface area contributed by atoms with E-state index < -0.39 is 5.54 Å². The number of likely N-dealkylation sites (N-methyl/N-ethyl adjacent to an activating group) is 1. The third-order valence-corrected chi connectivity index (χ3v) is 5.12. The van der Waals surface area contributed by atoms with E-state index in [-0.39, 0.29) is 11.3 Å². The number of primary amides is 1. The van der Waals surface area contributed by atoms with Crippen LogP contribution >= 0.6 is 0 Å². The van der Waals surface area contributed by atoms with Gasteiger partial charge in [0.1, 0.15) is 0 Å². The SMILES string of the molecule is CNC1(C(N)=O)CCCC(N(C)C(C)C(C)(C)C)C1. The Bertz CT molecular complexity index is 324. The lowest BCUT2D eigenvalue weighted by Crippen LogP contribution is -2.60. The van der Waals surface area contributed by atoms with Crippen LogP contribution in [0, 0.1) is 5.41 Å². The van der Waals surface area contributed by atoms with Crippen LogP contribution in [0.3, 0.4) is 0 Å². The highest BCUT2D eigenvalue weighted by Crippen LogP contribution is 2.34. The van der Waals surface area contributed by atoms with Gasteiger partial charge in [-0.05, 0) is 52.1 Å². The van der Waals surface area contributed by atoms with E-state index in [1.165, 1.54) is 0 Å². The monoisotopic (exact) mass is 269 g/mol. The number of nitrogens with one attached hydrogen (secondary N) is 1. The molecule has 19 heavy (non-hydrogen) atoms. The summed E-state index contributed by atoms with van der Waals surface area (Å²) in [6.45, 7) is 9.04. The van der Waals surface area contributed by atoms with E-state index in [1.807, 2.05) is 7.05 Å². The average Bonchev–Trinajstić information content (AvgIpc) is 2.35. The third kappa shape index (κ3) is 3.48. The van der Waals surface area contributed by atoms with Gasteiger partial charge in [-0.15, -0.1) is 0 Å². The maximum atomic E-state index is 11.8. The molecule has 4 nitrogen and oxygen atoms in total. The number of carbonyl (C=O) groups is 1. The van der Waals surface area contributed by atoms with Crippen LogP contribution in [0.2, 0.25) is 0 Å². The van der Waals surface area contributed by atoms with Crippen molar-refractivity contribution in [2.45, 2.75) is 71.0 Å². The van der Waals surface area contributed by atoms with Gasteiger partial charge >= 0.3 is 0 Å². The normalized spacial score (nSPS) is 30.4. The summed E-state index contributed by atoms with van der Waals surface area (Å²) < 4.78 is 0. The third-order valence-electron chi connectivity index (χ3n) is 5.12. The van der Waals surface area contributed by atoms with Crippen molar-refractivity contribution in [2.24, 2.45) is 11.1 Å². The molecule has 0 radical (unpaired) electrons. The highest BCUT2D eigenvalue weighted by Gasteiger charge is 2.42. The van der Waals surface area contributed by atoms with Crippen LogP contribution in [0.15, 0.2) is 0 Å². The maximum Gasteiger partial charge on any atom is 0.237 e. The molecule has 0 heterocycles. The van der Waals surface area contributed by atoms with Crippen LogP contribution in [-0.2, 0) is 4.79 Å². The van der Waals surface area contributed by atoms with Crippen molar-refractivity contribution >= 4 is 5.91 Å². The number of nitrogens with two attached hydrogens (primary N) is 1. The zero-order chi connectivity index (χ0) is 14.8. The Labute approximate surface area is 118 Å². The van der Waals surface area contributed by atoms with Gasteiger partial charge in [-0.3, -0.25) is 4.79 Å². The molecule has 0 aliphatic heterocycles. The Morgan fingerprint density at radius 3 is 2.47 bits per heavy atom. The van der Waals surface area contributed by atoms with Crippen LogP contribution in [0.25, 0.3) is 0 Å². The minimum absolute atomic E-state index is 0.212. The second-order valence-corrected chi connectivity index (χ2v) is 7.15. The van der Waals surface area contributed by atoms with Crippen molar-refractivity contribution in [1.29, 1.82) is 0 Å². The molecule has 1 amide bonds. The van der Waals surface area contributed by atoms with Gasteiger partial charge in [-0.1, -0.05) is 20.8 Å². The second-order valence-electron chi connectivity index (χ2n) is 7.15. The van der Waals surface area contributed by atoms with Gasteiger partial charge in [0, 0.05) is 12.1 Å². The molecule has 0 aromatic carbocycles. The van der Waals surface area contributed by atoms with Crippen molar-refractivity contribution in [3.05, 3.63) is 0 Å². The molecule has 1 saturated carbocycles. The molecule has 3 N–H and O–H groups in total. The number of carbonyl (C=O) groups excluding carboxylic acids is 1. The molecule has 0 aromatic heterocycles. The number of rotatable bonds is 4. The van der Waals surface area contributed by atoms with Gasteiger partial charge in [-0.25, -0.2) is 0 Å². The first kappa shape index (κ1) is 16.4. The largest absolute Gasteiger partial charge is 0.368 e. The van der Waals surface area contributed by atoms with E-state index in [0.29, 0.717) is 12.1 Å². The first-order valence-electron chi connectivity index (χ1n) is 7.35. The maximum absolute atomic E-state index is 11.8. The van der Waals surface area contributed by atoms with Crippen LogP contribution in [-0.4, -0.2) is 42.5 Å². The average molecular weight is 269 g/mol. The first-order valence-corrected chi connectivity index (χ1v) is 7.35. The second kappa shape index (κ2) is 5.80. The molecule has 1 aliphatic rings. The predicted octanol–water partition coefficient (Wildman–Crippen LogP) is 1.74. The van der Waals surface area contributed by atoms with Crippen molar-refractivity contribution in [3.63, 3.8) is 0 Å². The topological polar surface area (TPSA) is 58.4 Å². The number of nitrogens with zero attached hydrogens (tertiary/aromatic N) is 1.